The molecule has 184 valence electrons. The standard InChI is InChI=1S/C35H39N/c1-8-24-19-20-26(25-15-11-10-12-16-25)23-32(24)36(34(3,4)5)31-22-21-29-28-17-13-14-18-30(28)35(6,7)33(29)27(31)9-2/h10-23H,8-9H2,1-7H3/i8D,9D. The van der Waals surface area contributed by atoms with Gasteiger partial charge in [-0.05, 0) is 90.2 Å². The molecule has 4 aromatic rings. The number of nitrogens with zero attached hydrogens (tertiary/aromatic N) is 1. The Morgan fingerprint density at radius 1 is 0.722 bits per heavy atom. The number of benzene rings is 4. The summed E-state index contributed by atoms with van der Waals surface area (Å²) in [7, 11) is 0. The highest BCUT2D eigenvalue weighted by molar-refractivity contribution is 5.87. The molecule has 0 aromatic heterocycles. The molecule has 2 unspecified atom stereocenters. The summed E-state index contributed by atoms with van der Waals surface area (Å²) in [5, 5.41) is 0. The lowest BCUT2D eigenvalue weighted by molar-refractivity contribution is 0.556. The molecule has 4 aromatic carbocycles. The molecule has 0 radical (unpaired) electrons. The minimum absolute atomic E-state index is 0.201. The third kappa shape index (κ3) is 3.86. The van der Waals surface area contributed by atoms with E-state index in [1.807, 2.05) is 19.9 Å². The van der Waals surface area contributed by atoms with Crippen LogP contribution >= 0.6 is 0 Å². The predicted octanol–water partition coefficient (Wildman–Crippen LogP) is 9.72. The lowest BCUT2D eigenvalue weighted by atomic mass is 9.79. The Morgan fingerprint density at radius 3 is 2.08 bits per heavy atom. The zero-order chi connectivity index (χ0) is 27.4. The minimum atomic E-state index is -0.410. The first-order valence-electron chi connectivity index (χ1n) is 14.2. The number of hydrogen-bond acceptors (Lipinski definition) is 1. The van der Waals surface area contributed by atoms with E-state index in [0.29, 0.717) is 0 Å². The van der Waals surface area contributed by atoms with Crippen molar-refractivity contribution in [1.29, 1.82) is 0 Å². The van der Waals surface area contributed by atoms with Crippen molar-refractivity contribution in [2.75, 3.05) is 4.90 Å². The van der Waals surface area contributed by atoms with Crippen LogP contribution in [0.3, 0.4) is 0 Å². The molecular weight excluding hydrogens is 434 g/mol. The number of fused-ring (bicyclic) bond motifs is 3. The van der Waals surface area contributed by atoms with Gasteiger partial charge in [0.15, 0.2) is 0 Å². The Labute approximate surface area is 220 Å². The van der Waals surface area contributed by atoms with Crippen molar-refractivity contribution in [2.45, 2.75) is 72.2 Å². The molecule has 0 amide bonds. The van der Waals surface area contributed by atoms with Crippen molar-refractivity contribution in [2.24, 2.45) is 0 Å². The first-order chi connectivity index (χ1) is 17.9. The van der Waals surface area contributed by atoms with Crippen LogP contribution in [-0.2, 0) is 18.2 Å². The second kappa shape index (κ2) is 8.96. The van der Waals surface area contributed by atoms with E-state index in [2.05, 4.69) is 118 Å². The lowest BCUT2D eigenvalue weighted by Gasteiger charge is -2.41. The Morgan fingerprint density at radius 2 is 1.42 bits per heavy atom. The lowest BCUT2D eigenvalue weighted by Crippen LogP contribution is -2.39. The SMILES string of the molecule is [2H]C(C)c1ccc(-c2ccccc2)cc1N(c1ccc2c(c1C([2H])C)C(C)(C)c1ccccc1-2)C(C)(C)C. The van der Waals surface area contributed by atoms with Crippen LogP contribution < -0.4 is 4.90 Å². The molecule has 0 aliphatic heterocycles. The van der Waals surface area contributed by atoms with Gasteiger partial charge in [0.1, 0.15) is 0 Å². The first-order valence-corrected chi connectivity index (χ1v) is 13.0. The Bertz CT molecular complexity index is 1480. The second-order valence-electron chi connectivity index (χ2n) is 11.3. The maximum Gasteiger partial charge on any atom is 0.0454 e. The molecule has 0 N–H and O–H groups in total. The minimum Gasteiger partial charge on any atom is -0.336 e. The third-order valence-corrected chi connectivity index (χ3v) is 7.63. The summed E-state index contributed by atoms with van der Waals surface area (Å²) in [5.74, 6) is 0. The number of aryl methyl sites for hydroxylation is 1. The van der Waals surface area contributed by atoms with Gasteiger partial charge in [0.05, 0.1) is 0 Å². The van der Waals surface area contributed by atoms with Gasteiger partial charge >= 0.3 is 0 Å². The van der Waals surface area contributed by atoms with Crippen molar-refractivity contribution in [1.82, 2.24) is 0 Å². The average Bonchev–Trinajstić information content (AvgIpc) is 3.10. The molecule has 0 bridgehead atoms. The van der Waals surface area contributed by atoms with E-state index in [-0.39, 0.29) is 17.4 Å². The van der Waals surface area contributed by atoms with E-state index < -0.39 is 6.40 Å². The van der Waals surface area contributed by atoms with Gasteiger partial charge in [-0.1, -0.05) is 100 Å². The molecule has 0 spiro atoms. The molecule has 1 aliphatic carbocycles. The molecule has 5 rings (SSSR count). The summed E-state index contributed by atoms with van der Waals surface area (Å²) in [6.45, 7) is 15.2. The van der Waals surface area contributed by atoms with Crippen LogP contribution in [0.15, 0.2) is 84.9 Å². The fourth-order valence-corrected chi connectivity index (χ4v) is 6.04. The average molecular weight is 476 g/mol. The summed E-state index contributed by atoms with van der Waals surface area (Å²) in [4.78, 5) is 2.39. The number of rotatable bonds is 5. The van der Waals surface area contributed by atoms with Gasteiger partial charge in [0.25, 0.3) is 0 Å². The van der Waals surface area contributed by atoms with Crippen LogP contribution in [-0.4, -0.2) is 5.54 Å². The van der Waals surface area contributed by atoms with Gasteiger partial charge in [-0.15, -0.1) is 0 Å². The van der Waals surface area contributed by atoms with Gasteiger partial charge < -0.3 is 4.90 Å². The van der Waals surface area contributed by atoms with Crippen LogP contribution in [0.1, 0.15) is 73.5 Å². The summed E-state index contributed by atoms with van der Waals surface area (Å²) in [6.07, 6.45) is -0.792. The fourth-order valence-electron chi connectivity index (χ4n) is 6.04. The van der Waals surface area contributed by atoms with E-state index in [1.54, 1.807) is 0 Å². The second-order valence-corrected chi connectivity index (χ2v) is 11.3. The van der Waals surface area contributed by atoms with Crippen molar-refractivity contribution in [3.05, 3.63) is 107 Å². The van der Waals surface area contributed by atoms with Gasteiger partial charge in [0, 0.05) is 25.1 Å². The van der Waals surface area contributed by atoms with Crippen molar-refractivity contribution in [3.63, 3.8) is 0 Å². The Kier molecular flexibility index (Phi) is 5.46. The molecule has 1 nitrogen and oxygen atoms in total. The highest BCUT2D eigenvalue weighted by Crippen LogP contribution is 2.53. The van der Waals surface area contributed by atoms with Crippen LogP contribution in [0.4, 0.5) is 11.4 Å². The molecule has 0 fully saturated rings. The van der Waals surface area contributed by atoms with Gasteiger partial charge in [0.2, 0.25) is 0 Å². The van der Waals surface area contributed by atoms with Gasteiger partial charge in [-0.2, -0.15) is 0 Å². The Hall–Kier alpha value is -3.32. The molecular formula is C35H39N. The fraction of sp³-hybridized carbons (Fsp3) is 0.314. The molecule has 2 atom stereocenters. The third-order valence-electron chi connectivity index (χ3n) is 7.63. The molecule has 36 heavy (non-hydrogen) atoms. The van der Waals surface area contributed by atoms with E-state index in [4.69, 9.17) is 2.74 Å². The van der Waals surface area contributed by atoms with Crippen LogP contribution in [0.5, 0.6) is 0 Å². The van der Waals surface area contributed by atoms with Crippen LogP contribution in [0, 0.1) is 0 Å². The first kappa shape index (κ1) is 21.9. The predicted molar refractivity (Wildman–Crippen MR) is 157 cm³/mol. The maximum atomic E-state index is 9.12. The van der Waals surface area contributed by atoms with E-state index in [1.165, 1.54) is 22.3 Å². The van der Waals surface area contributed by atoms with Crippen LogP contribution in [0.2, 0.25) is 0 Å². The number of anilines is 2. The maximum absolute atomic E-state index is 9.12. The zero-order valence-electron chi connectivity index (χ0n) is 24.7. The smallest absolute Gasteiger partial charge is 0.0454 e. The van der Waals surface area contributed by atoms with Crippen molar-refractivity contribution >= 4 is 11.4 Å². The van der Waals surface area contributed by atoms with Crippen molar-refractivity contribution < 1.29 is 2.74 Å². The Balaban J connectivity index is 1.81. The summed E-state index contributed by atoms with van der Waals surface area (Å²) >= 11 is 0. The van der Waals surface area contributed by atoms with Crippen LogP contribution in [0.25, 0.3) is 22.3 Å². The summed E-state index contributed by atoms with van der Waals surface area (Å²) in [6, 6.07) is 30.1. The highest BCUT2D eigenvalue weighted by atomic mass is 15.2. The van der Waals surface area contributed by atoms with Gasteiger partial charge in [-0.3, -0.25) is 0 Å². The molecule has 1 heteroatoms. The monoisotopic (exact) mass is 475 g/mol. The largest absolute Gasteiger partial charge is 0.336 e. The van der Waals surface area contributed by atoms with E-state index in [0.717, 1.165) is 33.6 Å². The summed E-state index contributed by atoms with van der Waals surface area (Å²) < 4.78 is 17.9. The van der Waals surface area contributed by atoms with Crippen molar-refractivity contribution in [3.8, 4) is 22.3 Å². The highest BCUT2D eigenvalue weighted by Gasteiger charge is 2.39. The molecule has 0 saturated carbocycles. The zero-order valence-corrected chi connectivity index (χ0v) is 22.7. The normalized spacial score (nSPS) is 16.4. The summed E-state index contributed by atoms with van der Waals surface area (Å²) in [5.41, 5.74) is 11.1. The topological polar surface area (TPSA) is 3.24 Å². The molecule has 0 saturated heterocycles. The van der Waals surface area contributed by atoms with E-state index in [9.17, 15) is 0 Å². The molecule has 1 aliphatic rings. The number of hydrogen-bond donors (Lipinski definition) is 0. The quantitative estimate of drug-likeness (QED) is 0.278. The van der Waals surface area contributed by atoms with E-state index >= 15 is 0 Å². The van der Waals surface area contributed by atoms with Gasteiger partial charge in [-0.25, -0.2) is 0 Å². The molecule has 0 heterocycles.